The van der Waals surface area contributed by atoms with Crippen molar-refractivity contribution in [2.24, 2.45) is 0 Å². The first-order valence-electron chi connectivity index (χ1n) is 11.7. The molecule has 0 atom stereocenters. The van der Waals surface area contributed by atoms with E-state index in [0.29, 0.717) is 47.6 Å². The number of benzene rings is 3. The van der Waals surface area contributed by atoms with Crippen molar-refractivity contribution in [1.82, 2.24) is 9.29 Å². The van der Waals surface area contributed by atoms with Crippen LogP contribution >= 0.6 is 11.3 Å². The molecule has 0 spiro atoms. The molecule has 3 amide bonds. The zero-order valence-corrected chi connectivity index (χ0v) is 21.4. The van der Waals surface area contributed by atoms with Crippen molar-refractivity contribution in [3.63, 3.8) is 0 Å². The summed E-state index contributed by atoms with van der Waals surface area (Å²) in [6.45, 7) is 1.30. The number of nitrogens with one attached hydrogen (secondary N) is 1. The first kappa shape index (κ1) is 24.4. The van der Waals surface area contributed by atoms with Crippen molar-refractivity contribution in [3.8, 4) is 0 Å². The van der Waals surface area contributed by atoms with Crippen LogP contribution in [0.25, 0.3) is 10.2 Å². The van der Waals surface area contributed by atoms with Gasteiger partial charge in [-0.3, -0.25) is 19.7 Å². The number of amides is 3. The predicted octanol–water partition coefficient (Wildman–Crippen LogP) is 3.37. The standard InChI is InChI=1S/C26H20N4O6S2/c31-23(16-4-3-5-17(14-16)30-24(32)19-6-1-2-7-20(19)25(30)33)28-26-27-21-9-8-18(15-22(21)37-26)38(34,35)29-10-12-36-13-11-29/h1-9,14-15H,10-13H2,(H,27,28,31). The van der Waals surface area contributed by atoms with Gasteiger partial charge in [0.1, 0.15) is 0 Å². The number of imide groups is 1. The lowest BCUT2D eigenvalue weighted by Crippen LogP contribution is -2.40. The van der Waals surface area contributed by atoms with Gasteiger partial charge in [-0.2, -0.15) is 4.31 Å². The number of nitrogens with zero attached hydrogens (tertiary/aromatic N) is 3. The fourth-order valence-electron chi connectivity index (χ4n) is 4.43. The summed E-state index contributed by atoms with van der Waals surface area (Å²) in [5, 5.41) is 3.02. The van der Waals surface area contributed by atoms with Gasteiger partial charge >= 0.3 is 0 Å². The second-order valence-corrected chi connectivity index (χ2v) is 11.6. The van der Waals surface area contributed by atoms with Crippen molar-refractivity contribution in [2.75, 3.05) is 36.5 Å². The third-order valence-corrected chi connectivity index (χ3v) is 9.18. The van der Waals surface area contributed by atoms with Crippen molar-refractivity contribution in [1.29, 1.82) is 0 Å². The normalized spacial score (nSPS) is 16.2. The molecular weight excluding hydrogens is 528 g/mol. The molecule has 4 aromatic rings. The largest absolute Gasteiger partial charge is 0.379 e. The Hall–Kier alpha value is -3.97. The molecule has 1 fully saturated rings. The Labute approximate surface area is 221 Å². The van der Waals surface area contributed by atoms with Crippen LogP contribution in [-0.2, 0) is 14.8 Å². The van der Waals surface area contributed by atoms with Gasteiger partial charge < -0.3 is 4.74 Å². The van der Waals surface area contributed by atoms with Crippen LogP contribution in [0.15, 0.2) is 71.6 Å². The predicted molar refractivity (Wildman–Crippen MR) is 141 cm³/mol. The van der Waals surface area contributed by atoms with Gasteiger partial charge in [-0.25, -0.2) is 18.3 Å². The summed E-state index contributed by atoms with van der Waals surface area (Å²) < 4.78 is 33.2. The quantitative estimate of drug-likeness (QED) is 0.379. The van der Waals surface area contributed by atoms with E-state index in [1.807, 2.05) is 0 Å². The van der Waals surface area contributed by atoms with E-state index in [2.05, 4.69) is 10.3 Å². The molecule has 0 radical (unpaired) electrons. The van der Waals surface area contributed by atoms with E-state index in [1.54, 1.807) is 54.6 Å². The number of hydrogen-bond donors (Lipinski definition) is 1. The number of thiazole rings is 1. The molecule has 192 valence electrons. The Morgan fingerprint density at radius 3 is 2.34 bits per heavy atom. The molecular formula is C26H20N4O6S2. The Bertz CT molecular complexity index is 1690. The highest BCUT2D eigenvalue weighted by molar-refractivity contribution is 7.89. The van der Waals surface area contributed by atoms with Crippen LogP contribution < -0.4 is 10.2 Å². The van der Waals surface area contributed by atoms with Crippen LogP contribution in [0.5, 0.6) is 0 Å². The molecule has 3 aromatic carbocycles. The van der Waals surface area contributed by atoms with Gasteiger partial charge in [0.05, 0.1) is 45.1 Å². The molecule has 1 N–H and O–H groups in total. The van der Waals surface area contributed by atoms with Crippen LogP contribution in [0.2, 0.25) is 0 Å². The van der Waals surface area contributed by atoms with Crippen molar-refractivity contribution >= 4 is 60.1 Å². The van der Waals surface area contributed by atoms with Crippen LogP contribution in [0.1, 0.15) is 31.1 Å². The molecule has 38 heavy (non-hydrogen) atoms. The summed E-state index contributed by atoms with van der Waals surface area (Å²) in [6, 6.07) is 17.5. The van der Waals surface area contributed by atoms with Gasteiger partial charge in [-0.1, -0.05) is 29.5 Å². The number of hydrogen-bond acceptors (Lipinski definition) is 8. The van der Waals surface area contributed by atoms with E-state index in [9.17, 15) is 22.8 Å². The van der Waals surface area contributed by atoms with Crippen LogP contribution in [-0.4, -0.2) is 61.7 Å². The average Bonchev–Trinajstić information content (AvgIpc) is 3.46. The van der Waals surface area contributed by atoms with Crippen molar-refractivity contribution < 1.29 is 27.5 Å². The fourth-order valence-corrected chi connectivity index (χ4v) is 6.84. The minimum atomic E-state index is -3.67. The summed E-state index contributed by atoms with van der Waals surface area (Å²) in [4.78, 5) is 44.3. The third-order valence-electron chi connectivity index (χ3n) is 6.35. The highest BCUT2D eigenvalue weighted by Crippen LogP contribution is 2.31. The molecule has 3 heterocycles. The van der Waals surface area contributed by atoms with Crippen LogP contribution in [0.3, 0.4) is 0 Å². The number of carbonyl (C=O) groups excluding carboxylic acids is 3. The molecule has 2 aliphatic rings. The van der Waals surface area contributed by atoms with Gasteiger partial charge in [-0.15, -0.1) is 0 Å². The minimum absolute atomic E-state index is 0.155. The molecule has 0 unspecified atom stereocenters. The number of sulfonamides is 1. The lowest BCUT2D eigenvalue weighted by Gasteiger charge is -2.25. The summed E-state index contributed by atoms with van der Waals surface area (Å²) in [5.41, 5.74) is 1.69. The molecule has 0 aliphatic carbocycles. The molecule has 1 aromatic heterocycles. The van der Waals surface area contributed by atoms with Crippen molar-refractivity contribution in [3.05, 3.63) is 83.4 Å². The number of ether oxygens (including phenoxy) is 1. The minimum Gasteiger partial charge on any atom is -0.379 e. The van der Waals surface area contributed by atoms with E-state index in [0.717, 1.165) is 16.2 Å². The number of anilines is 2. The summed E-state index contributed by atoms with van der Waals surface area (Å²) in [6.07, 6.45) is 0. The second kappa shape index (κ2) is 9.40. The lowest BCUT2D eigenvalue weighted by atomic mass is 10.1. The fraction of sp³-hybridized carbons (Fsp3) is 0.154. The second-order valence-electron chi connectivity index (χ2n) is 8.66. The Morgan fingerprint density at radius 1 is 0.921 bits per heavy atom. The maximum atomic E-state index is 13.0. The van der Waals surface area contributed by atoms with Crippen LogP contribution in [0, 0.1) is 0 Å². The van der Waals surface area contributed by atoms with Gasteiger partial charge in [-0.05, 0) is 48.5 Å². The maximum Gasteiger partial charge on any atom is 0.266 e. The maximum absolute atomic E-state index is 13.0. The number of aromatic nitrogens is 1. The van der Waals surface area contributed by atoms with Crippen LogP contribution in [0.4, 0.5) is 10.8 Å². The number of morpholine rings is 1. The first-order chi connectivity index (χ1) is 18.3. The topological polar surface area (TPSA) is 126 Å². The summed E-state index contributed by atoms with van der Waals surface area (Å²) in [7, 11) is -3.67. The number of carbonyl (C=O) groups is 3. The Morgan fingerprint density at radius 2 is 1.63 bits per heavy atom. The Kier molecular flexibility index (Phi) is 6.03. The van der Waals surface area contributed by atoms with Gasteiger partial charge in [0.25, 0.3) is 17.7 Å². The monoisotopic (exact) mass is 548 g/mol. The van der Waals surface area contributed by atoms with Gasteiger partial charge in [0.2, 0.25) is 10.0 Å². The van der Waals surface area contributed by atoms with Gasteiger partial charge in [0, 0.05) is 18.7 Å². The molecule has 0 saturated carbocycles. The smallest absolute Gasteiger partial charge is 0.266 e. The highest BCUT2D eigenvalue weighted by Gasteiger charge is 2.36. The zero-order chi connectivity index (χ0) is 26.4. The number of fused-ring (bicyclic) bond motifs is 2. The van der Waals surface area contributed by atoms with E-state index in [-0.39, 0.29) is 21.3 Å². The van der Waals surface area contributed by atoms with Gasteiger partial charge in [0.15, 0.2) is 5.13 Å². The third kappa shape index (κ3) is 4.17. The molecule has 12 heteroatoms. The first-order valence-corrected chi connectivity index (χ1v) is 14.0. The van der Waals surface area contributed by atoms with E-state index in [1.165, 1.54) is 16.4 Å². The SMILES string of the molecule is O=C(Nc1nc2ccc(S(=O)(=O)N3CCOCC3)cc2s1)c1cccc(N2C(=O)c3ccccc3C2=O)c1. The Balaban J connectivity index is 1.23. The molecule has 0 bridgehead atoms. The van der Waals surface area contributed by atoms with Crippen molar-refractivity contribution in [2.45, 2.75) is 4.90 Å². The number of rotatable bonds is 5. The average molecular weight is 549 g/mol. The molecule has 2 aliphatic heterocycles. The highest BCUT2D eigenvalue weighted by atomic mass is 32.2. The van der Waals surface area contributed by atoms with E-state index < -0.39 is 27.7 Å². The van der Waals surface area contributed by atoms with E-state index >= 15 is 0 Å². The van der Waals surface area contributed by atoms with E-state index in [4.69, 9.17) is 4.74 Å². The molecule has 1 saturated heterocycles. The zero-order valence-electron chi connectivity index (χ0n) is 19.8. The lowest BCUT2D eigenvalue weighted by molar-refractivity contribution is 0.0730. The molecule has 10 nitrogen and oxygen atoms in total. The summed E-state index contributed by atoms with van der Waals surface area (Å²) in [5.74, 6) is -1.38. The summed E-state index contributed by atoms with van der Waals surface area (Å²) >= 11 is 1.15. The molecule has 6 rings (SSSR count).